The number of amides is 1. The number of carbonyl (C=O) groups is 1. The van der Waals surface area contributed by atoms with E-state index in [0.717, 1.165) is 11.8 Å². The van der Waals surface area contributed by atoms with E-state index in [4.69, 9.17) is 19.4 Å². The smallest absolute Gasteiger partial charge is 0.253 e. The number of halogens is 1. The number of rotatable bonds is 8. The SMILES string of the molecule is Nn1c(COc2ccccc2F)nnc1SCC(=O)N1N=C(c2ccco2)CC1c1ccco1. The Morgan fingerprint density at radius 2 is 1.97 bits per heavy atom. The molecule has 1 atom stereocenters. The number of ether oxygens (including phenoxy) is 1. The van der Waals surface area contributed by atoms with E-state index in [2.05, 4.69) is 15.3 Å². The lowest BCUT2D eigenvalue weighted by molar-refractivity contribution is -0.130. The molecular weight excluding hydrogens is 463 g/mol. The molecule has 0 spiro atoms. The quantitative estimate of drug-likeness (QED) is 0.299. The molecule has 0 bridgehead atoms. The van der Waals surface area contributed by atoms with E-state index in [1.807, 2.05) is 0 Å². The highest BCUT2D eigenvalue weighted by Gasteiger charge is 2.35. The zero-order chi connectivity index (χ0) is 23.5. The molecule has 10 nitrogen and oxygen atoms in total. The van der Waals surface area contributed by atoms with Crippen molar-refractivity contribution in [2.75, 3.05) is 11.6 Å². The number of hydrazone groups is 1. The van der Waals surface area contributed by atoms with Crippen LogP contribution in [0.3, 0.4) is 0 Å². The molecular formula is C22H19FN6O4S. The molecule has 1 unspecified atom stereocenters. The second kappa shape index (κ2) is 9.43. The van der Waals surface area contributed by atoms with Crippen LogP contribution in [0.4, 0.5) is 4.39 Å². The van der Waals surface area contributed by atoms with Crippen LogP contribution in [-0.2, 0) is 11.4 Å². The predicted molar refractivity (Wildman–Crippen MR) is 120 cm³/mol. The topological polar surface area (TPSA) is 125 Å². The monoisotopic (exact) mass is 482 g/mol. The largest absolute Gasteiger partial charge is 0.482 e. The van der Waals surface area contributed by atoms with Crippen LogP contribution in [0.1, 0.15) is 29.8 Å². The summed E-state index contributed by atoms with van der Waals surface area (Å²) in [6, 6.07) is 12.8. The summed E-state index contributed by atoms with van der Waals surface area (Å²) in [6.07, 6.45) is 3.57. The van der Waals surface area contributed by atoms with Crippen LogP contribution in [0, 0.1) is 5.82 Å². The first kappa shape index (κ1) is 21.8. The van der Waals surface area contributed by atoms with Crippen LogP contribution in [0.25, 0.3) is 0 Å². The van der Waals surface area contributed by atoms with E-state index in [9.17, 15) is 9.18 Å². The van der Waals surface area contributed by atoms with Crippen molar-refractivity contribution in [2.24, 2.45) is 5.10 Å². The molecule has 2 N–H and O–H groups in total. The van der Waals surface area contributed by atoms with E-state index in [-0.39, 0.29) is 35.9 Å². The van der Waals surface area contributed by atoms with Gasteiger partial charge in [0.15, 0.2) is 17.4 Å². The summed E-state index contributed by atoms with van der Waals surface area (Å²) < 4.78 is 31.3. The molecule has 3 aromatic heterocycles. The summed E-state index contributed by atoms with van der Waals surface area (Å²) in [5.74, 6) is 6.90. The maximum Gasteiger partial charge on any atom is 0.253 e. The van der Waals surface area contributed by atoms with E-state index in [1.165, 1.54) is 21.8 Å². The average molecular weight is 482 g/mol. The van der Waals surface area contributed by atoms with Gasteiger partial charge in [-0.15, -0.1) is 10.2 Å². The van der Waals surface area contributed by atoms with Gasteiger partial charge in [0.05, 0.1) is 18.3 Å². The van der Waals surface area contributed by atoms with Gasteiger partial charge in [0.25, 0.3) is 5.91 Å². The number of aromatic nitrogens is 3. The normalized spacial score (nSPS) is 15.5. The Bertz CT molecular complexity index is 1300. The van der Waals surface area contributed by atoms with E-state index in [0.29, 0.717) is 28.8 Å². The van der Waals surface area contributed by atoms with Crippen molar-refractivity contribution in [3.63, 3.8) is 0 Å². The fourth-order valence-electron chi connectivity index (χ4n) is 3.43. The molecule has 0 aliphatic carbocycles. The fraction of sp³-hybridized carbons (Fsp3) is 0.182. The minimum Gasteiger partial charge on any atom is -0.482 e. The van der Waals surface area contributed by atoms with Gasteiger partial charge in [0.1, 0.15) is 29.9 Å². The Labute approximate surface area is 197 Å². The Balaban J connectivity index is 1.25. The predicted octanol–water partition coefficient (Wildman–Crippen LogP) is 3.37. The highest BCUT2D eigenvalue weighted by Crippen LogP contribution is 2.34. The highest BCUT2D eigenvalue weighted by molar-refractivity contribution is 7.99. The molecule has 1 aliphatic heterocycles. The first-order chi connectivity index (χ1) is 16.6. The number of hydrogen-bond acceptors (Lipinski definition) is 9. The van der Waals surface area contributed by atoms with Crippen molar-refractivity contribution in [3.8, 4) is 5.75 Å². The van der Waals surface area contributed by atoms with E-state index < -0.39 is 5.82 Å². The Morgan fingerprint density at radius 3 is 2.74 bits per heavy atom. The lowest BCUT2D eigenvalue weighted by Crippen LogP contribution is -2.28. The molecule has 12 heteroatoms. The van der Waals surface area contributed by atoms with Crippen molar-refractivity contribution in [3.05, 3.63) is 84.2 Å². The summed E-state index contributed by atoms with van der Waals surface area (Å²) in [7, 11) is 0. The van der Waals surface area contributed by atoms with Crippen LogP contribution in [0.15, 0.2) is 80.1 Å². The number of nitrogens with two attached hydrogens (primary N) is 1. The number of furan rings is 2. The van der Waals surface area contributed by atoms with Crippen molar-refractivity contribution < 1.29 is 22.8 Å². The van der Waals surface area contributed by atoms with Gasteiger partial charge in [-0.3, -0.25) is 4.79 Å². The van der Waals surface area contributed by atoms with E-state index >= 15 is 0 Å². The number of nitrogens with zero attached hydrogens (tertiary/aromatic N) is 5. The summed E-state index contributed by atoms with van der Waals surface area (Å²) in [5, 5.41) is 14.2. The van der Waals surface area contributed by atoms with Crippen LogP contribution < -0.4 is 10.6 Å². The lowest BCUT2D eigenvalue weighted by atomic mass is 10.1. The highest BCUT2D eigenvalue weighted by atomic mass is 32.2. The van der Waals surface area contributed by atoms with Gasteiger partial charge in [0, 0.05) is 6.42 Å². The maximum atomic E-state index is 13.7. The zero-order valence-corrected chi connectivity index (χ0v) is 18.5. The number of hydrogen-bond donors (Lipinski definition) is 1. The van der Waals surface area contributed by atoms with Crippen molar-refractivity contribution in [1.82, 2.24) is 19.9 Å². The molecule has 0 saturated carbocycles. The number of benzene rings is 1. The molecule has 1 amide bonds. The number of carbonyl (C=O) groups excluding carboxylic acids is 1. The molecule has 5 rings (SSSR count). The molecule has 174 valence electrons. The summed E-state index contributed by atoms with van der Waals surface area (Å²) in [4.78, 5) is 13.1. The third-order valence-corrected chi connectivity index (χ3v) is 6.02. The van der Waals surface area contributed by atoms with Gasteiger partial charge in [-0.05, 0) is 36.4 Å². The fourth-order valence-corrected chi connectivity index (χ4v) is 4.16. The van der Waals surface area contributed by atoms with Crippen LogP contribution in [0.5, 0.6) is 5.75 Å². The molecule has 4 heterocycles. The van der Waals surface area contributed by atoms with Crippen molar-refractivity contribution >= 4 is 23.4 Å². The summed E-state index contributed by atoms with van der Waals surface area (Å²) >= 11 is 1.11. The van der Waals surface area contributed by atoms with E-state index in [1.54, 1.807) is 48.9 Å². The van der Waals surface area contributed by atoms with Crippen molar-refractivity contribution in [2.45, 2.75) is 24.2 Å². The third-order valence-electron chi connectivity index (χ3n) is 5.10. The zero-order valence-electron chi connectivity index (χ0n) is 17.7. The summed E-state index contributed by atoms with van der Waals surface area (Å²) in [6.45, 7) is -0.0809. The molecule has 1 aliphatic rings. The van der Waals surface area contributed by atoms with Gasteiger partial charge >= 0.3 is 0 Å². The van der Waals surface area contributed by atoms with Crippen LogP contribution in [-0.4, -0.2) is 37.3 Å². The van der Waals surface area contributed by atoms with Crippen molar-refractivity contribution in [1.29, 1.82) is 0 Å². The standard InChI is InChI=1S/C22H19FN6O4S/c23-14-5-1-2-6-17(14)33-12-20-25-26-22(28(20)24)34-13-21(30)29-16(19-8-4-10-32-19)11-15(27-29)18-7-3-9-31-18/h1-10,16H,11-13,24H2. The first-order valence-corrected chi connectivity index (χ1v) is 11.2. The molecule has 4 aromatic rings. The molecule has 0 radical (unpaired) electrons. The first-order valence-electron chi connectivity index (χ1n) is 10.3. The second-order valence-corrected chi connectivity index (χ2v) is 8.22. The van der Waals surface area contributed by atoms with Crippen LogP contribution >= 0.6 is 11.8 Å². The maximum absolute atomic E-state index is 13.7. The minimum absolute atomic E-state index is 0.00957. The average Bonchev–Trinajstić information content (AvgIpc) is 3.64. The molecule has 0 saturated heterocycles. The molecule has 34 heavy (non-hydrogen) atoms. The Morgan fingerprint density at radius 1 is 1.15 bits per heavy atom. The lowest BCUT2D eigenvalue weighted by Gasteiger charge is -2.19. The minimum atomic E-state index is -0.489. The molecule has 0 fully saturated rings. The van der Waals surface area contributed by atoms with Gasteiger partial charge in [-0.2, -0.15) is 5.10 Å². The van der Waals surface area contributed by atoms with Crippen LogP contribution in [0.2, 0.25) is 0 Å². The number of para-hydroxylation sites is 1. The second-order valence-electron chi connectivity index (χ2n) is 7.27. The Hall–Kier alpha value is -4.06. The number of thioether (sulfide) groups is 1. The molecule has 1 aromatic carbocycles. The third kappa shape index (κ3) is 4.39. The number of nitrogen functional groups attached to an aromatic ring is 1. The Kier molecular flexibility index (Phi) is 6.04. The summed E-state index contributed by atoms with van der Waals surface area (Å²) in [5.41, 5.74) is 0.652. The van der Waals surface area contributed by atoms with Gasteiger partial charge in [0.2, 0.25) is 5.16 Å². The van der Waals surface area contributed by atoms with Gasteiger partial charge in [-0.1, -0.05) is 23.9 Å². The van der Waals surface area contributed by atoms with Gasteiger partial charge < -0.3 is 19.4 Å². The van der Waals surface area contributed by atoms with Gasteiger partial charge in [-0.25, -0.2) is 14.1 Å².